The largest absolute Gasteiger partial charge is 0.464 e. The number of rotatable bonds is 7. The molecule has 0 saturated heterocycles. The molecule has 0 aliphatic heterocycles. The Labute approximate surface area is 167 Å². The highest BCUT2D eigenvalue weighted by Gasteiger charge is 2.13. The van der Waals surface area contributed by atoms with Crippen LogP contribution in [0.4, 0.5) is 0 Å². The number of nitrogens with two attached hydrogens (primary N) is 1. The lowest BCUT2D eigenvalue weighted by Crippen LogP contribution is -2.28. The van der Waals surface area contributed by atoms with Crippen LogP contribution in [0.3, 0.4) is 0 Å². The SMILES string of the molecule is Cc1ccc2c(CC(=O)OCC(=O)NCc3ccc(S(N)(=O)=O)cc3)coc2c1. The van der Waals surface area contributed by atoms with Crippen LogP contribution >= 0.6 is 0 Å². The zero-order valence-electron chi connectivity index (χ0n) is 15.7. The summed E-state index contributed by atoms with van der Waals surface area (Å²) in [6.07, 6.45) is 1.51. The topological polar surface area (TPSA) is 129 Å². The van der Waals surface area contributed by atoms with Crippen LogP contribution in [-0.2, 0) is 37.3 Å². The number of esters is 1. The predicted octanol–water partition coefficient (Wildman–Crippen LogP) is 1.79. The summed E-state index contributed by atoms with van der Waals surface area (Å²) in [6, 6.07) is 11.5. The van der Waals surface area contributed by atoms with Crippen molar-refractivity contribution in [1.82, 2.24) is 5.32 Å². The van der Waals surface area contributed by atoms with Gasteiger partial charge in [-0.2, -0.15) is 0 Å². The van der Waals surface area contributed by atoms with Gasteiger partial charge < -0.3 is 14.5 Å². The molecule has 3 aromatic rings. The number of nitrogens with one attached hydrogen (secondary N) is 1. The lowest BCUT2D eigenvalue weighted by molar-refractivity contribution is -0.147. The van der Waals surface area contributed by atoms with Crippen LogP contribution in [0.5, 0.6) is 0 Å². The molecule has 0 aliphatic rings. The van der Waals surface area contributed by atoms with Crippen molar-refractivity contribution in [3.63, 3.8) is 0 Å². The second-order valence-corrected chi connectivity index (χ2v) is 8.13. The molecule has 2 aromatic carbocycles. The van der Waals surface area contributed by atoms with E-state index < -0.39 is 28.5 Å². The first-order valence-electron chi connectivity index (χ1n) is 8.73. The minimum Gasteiger partial charge on any atom is -0.464 e. The highest BCUT2D eigenvalue weighted by Crippen LogP contribution is 2.22. The van der Waals surface area contributed by atoms with Gasteiger partial charge in [-0.1, -0.05) is 24.3 Å². The van der Waals surface area contributed by atoms with Crippen LogP contribution < -0.4 is 10.5 Å². The fourth-order valence-electron chi connectivity index (χ4n) is 2.73. The van der Waals surface area contributed by atoms with Crippen LogP contribution in [0, 0.1) is 6.92 Å². The molecule has 0 bridgehead atoms. The second kappa shape index (κ2) is 8.46. The molecule has 29 heavy (non-hydrogen) atoms. The van der Waals surface area contributed by atoms with E-state index in [1.165, 1.54) is 30.5 Å². The third-order valence-electron chi connectivity index (χ3n) is 4.25. The molecule has 152 valence electrons. The number of ether oxygens (including phenoxy) is 1. The Kier molecular flexibility index (Phi) is 6.00. The van der Waals surface area contributed by atoms with Gasteiger partial charge in [0.2, 0.25) is 10.0 Å². The van der Waals surface area contributed by atoms with Gasteiger partial charge in [0, 0.05) is 17.5 Å². The van der Waals surface area contributed by atoms with Crippen LogP contribution in [0.15, 0.2) is 58.0 Å². The Morgan fingerprint density at radius 1 is 1.14 bits per heavy atom. The molecule has 8 nitrogen and oxygen atoms in total. The molecule has 0 fully saturated rings. The molecule has 0 radical (unpaired) electrons. The number of benzene rings is 2. The van der Waals surface area contributed by atoms with Crippen LogP contribution in [-0.4, -0.2) is 26.9 Å². The molecule has 1 amide bonds. The molecule has 3 N–H and O–H groups in total. The molecule has 1 heterocycles. The maximum atomic E-state index is 12.0. The molecule has 0 atom stereocenters. The molecule has 0 saturated carbocycles. The highest BCUT2D eigenvalue weighted by atomic mass is 32.2. The molecule has 0 unspecified atom stereocenters. The summed E-state index contributed by atoms with van der Waals surface area (Å²) in [5.41, 5.74) is 3.12. The van der Waals surface area contributed by atoms with E-state index in [2.05, 4.69) is 5.32 Å². The van der Waals surface area contributed by atoms with Gasteiger partial charge in [0.15, 0.2) is 6.61 Å². The number of sulfonamides is 1. The van der Waals surface area contributed by atoms with E-state index in [9.17, 15) is 18.0 Å². The standard InChI is InChI=1S/C20H20N2O6S/c1-13-2-7-17-15(11-27-18(17)8-13)9-20(24)28-12-19(23)22-10-14-3-5-16(6-4-14)29(21,25)26/h2-8,11H,9-10,12H2,1H3,(H,22,23)(H2,21,25,26). The van der Waals surface area contributed by atoms with Gasteiger partial charge in [-0.15, -0.1) is 0 Å². The van der Waals surface area contributed by atoms with E-state index >= 15 is 0 Å². The van der Waals surface area contributed by atoms with Gasteiger partial charge in [-0.05, 0) is 36.2 Å². The summed E-state index contributed by atoms with van der Waals surface area (Å²) in [7, 11) is -3.76. The molecule has 0 aliphatic carbocycles. The van der Waals surface area contributed by atoms with Crippen LogP contribution in [0.2, 0.25) is 0 Å². The number of aryl methyl sites for hydroxylation is 1. The van der Waals surface area contributed by atoms with Gasteiger partial charge in [0.05, 0.1) is 17.6 Å². The third-order valence-corrected chi connectivity index (χ3v) is 5.18. The lowest BCUT2D eigenvalue weighted by atomic mass is 10.1. The first-order chi connectivity index (χ1) is 13.7. The fourth-order valence-corrected chi connectivity index (χ4v) is 3.24. The zero-order valence-corrected chi connectivity index (χ0v) is 16.5. The summed E-state index contributed by atoms with van der Waals surface area (Å²) in [4.78, 5) is 23.9. The number of hydrogen-bond acceptors (Lipinski definition) is 6. The number of primary sulfonamides is 1. The summed E-state index contributed by atoms with van der Waals surface area (Å²) in [6.45, 7) is 1.69. The van der Waals surface area contributed by atoms with E-state index in [1.54, 1.807) is 0 Å². The summed E-state index contributed by atoms with van der Waals surface area (Å²) in [5, 5.41) is 8.46. The van der Waals surface area contributed by atoms with Gasteiger partial charge in [-0.25, -0.2) is 13.6 Å². The number of amides is 1. The highest BCUT2D eigenvalue weighted by molar-refractivity contribution is 7.89. The predicted molar refractivity (Wildman–Crippen MR) is 105 cm³/mol. The number of carbonyl (C=O) groups is 2. The van der Waals surface area contributed by atoms with Gasteiger partial charge in [0.1, 0.15) is 5.58 Å². The van der Waals surface area contributed by atoms with Crippen molar-refractivity contribution < 1.29 is 27.2 Å². The third kappa shape index (κ3) is 5.43. The Morgan fingerprint density at radius 2 is 1.86 bits per heavy atom. The van der Waals surface area contributed by atoms with Gasteiger partial charge >= 0.3 is 5.97 Å². The maximum Gasteiger partial charge on any atom is 0.310 e. The molecule has 1 aromatic heterocycles. The van der Waals surface area contributed by atoms with E-state index in [0.717, 1.165) is 10.9 Å². The summed E-state index contributed by atoms with van der Waals surface area (Å²) in [5.74, 6) is -1.01. The molecule has 9 heteroatoms. The van der Waals surface area contributed by atoms with Crippen LogP contribution in [0.1, 0.15) is 16.7 Å². The number of hydrogen-bond donors (Lipinski definition) is 2. The van der Waals surface area contributed by atoms with E-state index in [0.29, 0.717) is 16.7 Å². The lowest BCUT2D eigenvalue weighted by Gasteiger charge is -2.07. The average molecular weight is 416 g/mol. The average Bonchev–Trinajstić information content (AvgIpc) is 3.06. The number of fused-ring (bicyclic) bond motifs is 1. The molecular formula is C20H20N2O6S. The monoisotopic (exact) mass is 416 g/mol. The van der Waals surface area contributed by atoms with Crippen LogP contribution in [0.25, 0.3) is 11.0 Å². The number of carbonyl (C=O) groups excluding carboxylic acids is 2. The van der Waals surface area contributed by atoms with E-state index in [1.807, 2.05) is 25.1 Å². The number of furan rings is 1. The zero-order chi connectivity index (χ0) is 21.0. The maximum absolute atomic E-state index is 12.0. The second-order valence-electron chi connectivity index (χ2n) is 6.56. The quantitative estimate of drug-likeness (QED) is 0.565. The van der Waals surface area contributed by atoms with Crippen molar-refractivity contribution in [3.05, 3.63) is 65.4 Å². The Balaban J connectivity index is 1.47. The minimum atomic E-state index is -3.76. The minimum absolute atomic E-state index is 0.00162. The summed E-state index contributed by atoms with van der Waals surface area (Å²) >= 11 is 0. The fraction of sp³-hybridized carbons (Fsp3) is 0.200. The van der Waals surface area contributed by atoms with Crippen molar-refractivity contribution in [2.75, 3.05) is 6.61 Å². The van der Waals surface area contributed by atoms with Crippen molar-refractivity contribution in [3.8, 4) is 0 Å². The normalized spacial score (nSPS) is 11.4. The summed E-state index contributed by atoms with van der Waals surface area (Å²) < 4.78 is 32.9. The first-order valence-corrected chi connectivity index (χ1v) is 10.3. The van der Waals surface area contributed by atoms with Gasteiger partial charge in [0.25, 0.3) is 5.91 Å². The van der Waals surface area contributed by atoms with Gasteiger partial charge in [-0.3, -0.25) is 9.59 Å². The van der Waals surface area contributed by atoms with Crippen molar-refractivity contribution in [1.29, 1.82) is 0 Å². The van der Waals surface area contributed by atoms with Crippen molar-refractivity contribution >= 4 is 32.9 Å². The Morgan fingerprint density at radius 3 is 2.55 bits per heavy atom. The first kappa shape index (κ1) is 20.6. The van der Waals surface area contributed by atoms with Crippen molar-refractivity contribution in [2.45, 2.75) is 24.8 Å². The smallest absolute Gasteiger partial charge is 0.310 e. The van der Waals surface area contributed by atoms with E-state index in [-0.39, 0.29) is 17.9 Å². The van der Waals surface area contributed by atoms with E-state index in [4.69, 9.17) is 14.3 Å². The molecule has 3 rings (SSSR count). The Hall–Kier alpha value is -3.17. The van der Waals surface area contributed by atoms with Crippen molar-refractivity contribution in [2.24, 2.45) is 5.14 Å². The molecule has 0 spiro atoms. The molecular weight excluding hydrogens is 396 g/mol. The Bertz CT molecular complexity index is 1150.